The lowest BCUT2D eigenvalue weighted by molar-refractivity contribution is -0.123. The van der Waals surface area contributed by atoms with Gasteiger partial charge in [-0.05, 0) is 54.1 Å². The molecule has 1 saturated heterocycles. The maximum atomic E-state index is 14.2. The summed E-state index contributed by atoms with van der Waals surface area (Å²) >= 11 is 6.99. The predicted octanol–water partition coefficient (Wildman–Crippen LogP) is 6.61. The van der Waals surface area contributed by atoms with Crippen molar-refractivity contribution in [1.82, 2.24) is 4.90 Å². The van der Waals surface area contributed by atoms with Gasteiger partial charge in [-0.3, -0.25) is 14.5 Å². The minimum Gasteiger partial charge on any atom is -0.493 e. The van der Waals surface area contributed by atoms with E-state index in [0.717, 1.165) is 22.9 Å². The Morgan fingerprint density at radius 1 is 1.06 bits per heavy atom. The Balaban J connectivity index is 1.62. The summed E-state index contributed by atoms with van der Waals surface area (Å²) in [7, 11) is 1.48. The number of methoxy groups -OCH3 is 1. The zero-order chi connectivity index (χ0) is 24.2. The Labute approximate surface area is 206 Å². The van der Waals surface area contributed by atoms with E-state index in [1.54, 1.807) is 30.3 Å². The van der Waals surface area contributed by atoms with E-state index >= 15 is 0 Å². The standard InChI is InChI=1S/C26H21ClFNO4S/c1-16-7-3-4-8-18(16)14-29-25(30)23(34-26(29)31)13-17-9-5-12-22(32-2)24(17)33-15-19-20(27)10-6-11-21(19)28/h3-13H,14-15H2,1-2H3/b23-13-. The molecule has 0 bridgehead atoms. The van der Waals surface area contributed by atoms with Gasteiger partial charge in [-0.15, -0.1) is 0 Å². The lowest BCUT2D eigenvalue weighted by Gasteiger charge is -2.15. The summed E-state index contributed by atoms with van der Waals surface area (Å²) in [6, 6.07) is 17.2. The van der Waals surface area contributed by atoms with Gasteiger partial charge in [0.15, 0.2) is 11.5 Å². The zero-order valence-electron chi connectivity index (χ0n) is 18.5. The van der Waals surface area contributed by atoms with E-state index in [-0.39, 0.29) is 39.8 Å². The number of nitrogens with zero attached hydrogens (tertiary/aromatic N) is 1. The third kappa shape index (κ3) is 4.95. The molecular weight excluding hydrogens is 477 g/mol. The summed E-state index contributed by atoms with van der Waals surface area (Å²) in [4.78, 5) is 27.1. The highest BCUT2D eigenvalue weighted by Gasteiger charge is 2.35. The molecule has 5 nitrogen and oxygen atoms in total. The first kappa shape index (κ1) is 23.9. The van der Waals surface area contributed by atoms with Gasteiger partial charge in [0.1, 0.15) is 12.4 Å². The molecule has 3 aromatic carbocycles. The van der Waals surface area contributed by atoms with Crippen molar-refractivity contribution in [3.05, 3.63) is 98.7 Å². The number of benzene rings is 3. The van der Waals surface area contributed by atoms with Crippen LogP contribution in [0.4, 0.5) is 9.18 Å². The Kier molecular flexibility index (Phi) is 7.24. The van der Waals surface area contributed by atoms with Gasteiger partial charge in [0, 0.05) is 11.1 Å². The van der Waals surface area contributed by atoms with Gasteiger partial charge in [-0.2, -0.15) is 0 Å². The second-order valence-corrected chi connectivity index (χ2v) is 8.96. The highest BCUT2D eigenvalue weighted by molar-refractivity contribution is 8.18. The average Bonchev–Trinajstić information content (AvgIpc) is 3.08. The molecule has 0 spiro atoms. The van der Waals surface area contributed by atoms with Crippen molar-refractivity contribution in [2.45, 2.75) is 20.1 Å². The maximum absolute atomic E-state index is 14.2. The molecule has 0 N–H and O–H groups in total. The van der Waals surface area contributed by atoms with Crippen molar-refractivity contribution < 1.29 is 23.5 Å². The van der Waals surface area contributed by atoms with Crippen LogP contribution in [0.2, 0.25) is 5.02 Å². The van der Waals surface area contributed by atoms with E-state index in [0.29, 0.717) is 17.1 Å². The molecule has 0 saturated carbocycles. The number of hydrogen-bond acceptors (Lipinski definition) is 5. The zero-order valence-corrected chi connectivity index (χ0v) is 20.1. The van der Waals surface area contributed by atoms with Gasteiger partial charge in [0.25, 0.3) is 11.1 Å². The number of amides is 2. The second kappa shape index (κ2) is 10.3. The van der Waals surface area contributed by atoms with E-state index in [1.807, 2.05) is 31.2 Å². The molecule has 1 aliphatic heterocycles. The van der Waals surface area contributed by atoms with Crippen molar-refractivity contribution in [3.8, 4) is 11.5 Å². The van der Waals surface area contributed by atoms with Gasteiger partial charge in [0.2, 0.25) is 0 Å². The topological polar surface area (TPSA) is 55.8 Å². The van der Waals surface area contributed by atoms with Crippen LogP contribution in [0.5, 0.6) is 11.5 Å². The molecule has 8 heteroatoms. The fraction of sp³-hybridized carbons (Fsp3) is 0.154. The summed E-state index contributed by atoms with van der Waals surface area (Å²) in [5, 5.41) is -0.100. The summed E-state index contributed by atoms with van der Waals surface area (Å²) in [5.41, 5.74) is 2.63. The normalized spacial score (nSPS) is 14.7. The Morgan fingerprint density at radius 2 is 1.82 bits per heavy atom. The summed E-state index contributed by atoms with van der Waals surface area (Å²) in [6.07, 6.45) is 1.59. The van der Waals surface area contributed by atoms with E-state index < -0.39 is 5.82 Å². The molecule has 0 aliphatic carbocycles. The van der Waals surface area contributed by atoms with Crippen LogP contribution in [0, 0.1) is 12.7 Å². The number of thioether (sulfide) groups is 1. The molecule has 3 aromatic rings. The lowest BCUT2D eigenvalue weighted by Crippen LogP contribution is -2.27. The molecule has 1 fully saturated rings. The predicted molar refractivity (Wildman–Crippen MR) is 131 cm³/mol. The number of imide groups is 1. The van der Waals surface area contributed by atoms with Crippen LogP contribution in [0.15, 0.2) is 65.6 Å². The number of hydrogen-bond donors (Lipinski definition) is 0. The molecule has 34 heavy (non-hydrogen) atoms. The Bertz CT molecular complexity index is 1270. The molecule has 1 heterocycles. The molecule has 1 aliphatic rings. The van der Waals surface area contributed by atoms with Crippen molar-refractivity contribution in [3.63, 3.8) is 0 Å². The maximum Gasteiger partial charge on any atom is 0.293 e. The van der Waals surface area contributed by atoms with Crippen LogP contribution in [-0.4, -0.2) is 23.2 Å². The highest BCUT2D eigenvalue weighted by Crippen LogP contribution is 2.38. The first-order valence-electron chi connectivity index (χ1n) is 10.4. The van der Waals surface area contributed by atoms with E-state index in [1.165, 1.54) is 24.1 Å². The highest BCUT2D eigenvalue weighted by atomic mass is 35.5. The van der Waals surface area contributed by atoms with Gasteiger partial charge >= 0.3 is 0 Å². The molecule has 174 valence electrons. The molecule has 0 aromatic heterocycles. The summed E-state index contributed by atoms with van der Waals surface area (Å²) in [5.74, 6) is -0.152. The summed E-state index contributed by atoms with van der Waals surface area (Å²) < 4.78 is 25.5. The third-order valence-corrected chi connectivity index (χ3v) is 6.66. The van der Waals surface area contributed by atoms with Crippen LogP contribution in [0.25, 0.3) is 6.08 Å². The van der Waals surface area contributed by atoms with E-state index in [4.69, 9.17) is 21.1 Å². The number of carbonyl (C=O) groups is 2. The second-order valence-electron chi connectivity index (χ2n) is 7.56. The van der Waals surface area contributed by atoms with Crippen LogP contribution in [-0.2, 0) is 17.9 Å². The lowest BCUT2D eigenvalue weighted by atomic mass is 10.1. The van der Waals surface area contributed by atoms with Gasteiger partial charge in [0.05, 0.1) is 23.6 Å². The number of aryl methyl sites for hydroxylation is 1. The molecule has 2 amide bonds. The third-order valence-electron chi connectivity index (χ3n) is 5.40. The van der Waals surface area contributed by atoms with Crippen molar-refractivity contribution in [2.75, 3.05) is 7.11 Å². The summed E-state index contributed by atoms with van der Waals surface area (Å²) in [6.45, 7) is 2.00. The van der Waals surface area contributed by atoms with Crippen molar-refractivity contribution in [1.29, 1.82) is 0 Å². The first-order valence-corrected chi connectivity index (χ1v) is 11.6. The monoisotopic (exact) mass is 497 g/mol. The van der Waals surface area contributed by atoms with Gasteiger partial charge < -0.3 is 9.47 Å². The number of rotatable bonds is 7. The van der Waals surface area contributed by atoms with Crippen LogP contribution in [0.1, 0.15) is 22.3 Å². The molecule has 0 radical (unpaired) electrons. The first-order chi connectivity index (χ1) is 16.4. The fourth-order valence-electron chi connectivity index (χ4n) is 3.51. The molecule has 4 rings (SSSR count). The number of para-hydroxylation sites is 1. The molecule has 0 unspecified atom stereocenters. The average molecular weight is 498 g/mol. The fourth-order valence-corrected chi connectivity index (χ4v) is 4.56. The smallest absolute Gasteiger partial charge is 0.293 e. The van der Waals surface area contributed by atoms with Crippen molar-refractivity contribution >= 4 is 40.6 Å². The minimum absolute atomic E-state index is 0.137. The van der Waals surface area contributed by atoms with Crippen LogP contribution < -0.4 is 9.47 Å². The largest absolute Gasteiger partial charge is 0.493 e. The quantitative estimate of drug-likeness (QED) is 0.344. The Hall–Kier alpha value is -3.29. The van der Waals surface area contributed by atoms with Gasteiger partial charge in [-0.1, -0.05) is 54.1 Å². The van der Waals surface area contributed by atoms with E-state index in [2.05, 4.69) is 0 Å². The van der Waals surface area contributed by atoms with Crippen LogP contribution >= 0.6 is 23.4 Å². The van der Waals surface area contributed by atoms with Crippen molar-refractivity contribution in [2.24, 2.45) is 0 Å². The number of carbonyl (C=O) groups excluding carboxylic acids is 2. The van der Waals surface area contributed by atoms with Crippen LogP contribution in [0.3, 0.4) is 0 Å². The number of halogens is 2. The number of ether oxygens (including phenoxy) is 2. The van der Waals surface area contributed by atoms with Gasteiger partial charge in [-0.25, -0.2) is 4.39 Å². The molecule has 0 atom stereocenters. The minimum atomic E-state index is -0.485. The SMILES string of the molecule is COc1cccc(/C=C2\SC(=O)N(Cc3ccccc3C)C2=O)c1OCc1c(F)cccc1Cl. The van der Waals surface area contributed by atoms with E-state index in [9.17, 15) is 14.0 Å². The Morgan fingerprint density at radius 3 is 2.56 bits per heavy atom. The molecular formula is C26H21ClFNO4S.